The number of rotatable bonds is 2. The van der Waals surface area contributed by atoms with E-state index in [0.717, 1.165) is 11.6 Å². The molecule has 2 heteroatoms. The van der Waals surface area contributed by atoms with Gasteiger partial charge in [-0.25, -0.2) is 0 Å². The highest BCUT2D eigenvalue weighted by Gasteiger charge is 2.42. The van der Waals surface area contributed by atoms with Crippen molar-refractivity contribution in [2.75, 3.05) is 19.6 Å². The summed E-state index contributed by atoms with van der Waals surface area (Å²) in [6.45, 7) is 7.12. The Labute approximate surface area is 79.4 Å². The second-order valence-corrected chi connectivity index (χ2v) is 4.87. The van der Waals surface area contributed by atoms with Gasteiger partial charge in [0.1, 0.15) is 0 Å². The zero-order valence-electron chi connectivity index (χ0n) is 7.48. The summed E-state index contributed by atoms with van der Waals surface area (Å²) in [5.74, 6) is 0. The lowest BCUT2D eigenvalue weighted by molar-refractivity contribution is 0.142. The lowest BCUT2D eigenvalue weighted by Crippen LogP contribution is -2.33. The van der Waals surface area contributed by atoms with Crippen LogP contribution < -0.4 is 0 Å². The number of halogens is 1. The van der Waals surface area contributed by atoms with Crippen molar-refractivity contribution >= 4 is 11.6 Å². The van der Waals surface area contributed by atoms with E-state index in [4.69, 9.17) is 11.6 Å². The first-order chi connectivity index (χ1) is 5.70. The zero-order valence-corrected chi connectivity index (χ0v) is 8.24. The molecular weight excluding hydrogens is 170 g/mol. The molecular formula is C10H16ClN. The third-order valence-electron chi connectivity index (χ3n) is 3.33. The molecule has 0 aromatic rings. The van der Waals surface area contributed by atoms with E-state index >= 15 is 0 Å². The molecule has 1 saturated heterocycles. The molecule has 12 heavy (non-hydrogen) atoms. The normalized spacial score (nSPS) is 27.4. The summed E-state index contributed by atoms with van der Waals surface area (Å²) >= 11 is 5.78. The minimum Gasteiger partial charge on any atom is -0.298 e. The van der Waals surface area contributed by atoms with E-state index in [2.05, 4.69) is 11.5 Å². The Balaban J connectivity index is 1.85. The largest absolute Gasteiger partial charge is 0.298 e. The molecule has 0 atom stereocenters. The molecule has 2 aliphatic rings. The molecule has 0 N–H and O–H groups in total. The van der Waals surface area contributed by atoms with Gasteiger partial charge in [0.2, 0.25) is 0 Å². The first-order valence-corrected chi connectivity index (χ1v) is 5.14. The van der Waals surface area contributed by atoms with Gasteiger partial charge in [-0.3, -0.25) is 4.90 Å². The highest BCUT2D eigenvalue weighted by molar-refractivity contribution is 6.29. The van der Waals surface area contributed by atoms with Gasteiger partial charge in [0, 0.05) is 18.1 Å². The average molecular weight is 186 g/mol. The van der Waals surface area contributed by atoms with Gasteiger partial charge < -0.3 is 0 Å². The Morgan fingerprint density at radius 2 is 2.17 bits per heavy atom. The van der Waals surface area contributed by atoms with Crippen molar-refractivity contribution in [2.24, 2.45) is 5.41 Å². The molecule has 1 aliphatic carbocycles. The summed E-state index contributed by atoms with van der Waals surface area (Å²) in [5.41, 5.74) is 0.701. The summed E-state index contributed by atoms with van der Waals surface area (Å²) in [6.07, 6.45) is 5.71. The highest BCUT2D eigenvalue weighted by Crippen LogP contribution is 2.47. The van der Waals surface area contributed by atoms with E-state index in [1.807, 2.05) is 0 Å². The van der Waals surface area contributed by atoms with Crippen LogP contribution in [0.1, 0.15) is 25.7 Å². The van der Waals surface area contributed by atoms with Crippen molar-refractivity contribution in [2.45, 2.75) is 25.7 Å². The van der Waals surface area contributed by atoms with Crippen molar-refractivity contribution in [1.82, 2.24) is 4.90 Å². The van der Waals surface area contributed by atoms with Crippen LogP contribution in [0.4, 0.5) is 0 Å². The van der Waals surface area contributed by atoms with Crippen LogP contribution in [0.15, 0.2) is 11.6 Å². The van der Waals surface area contributed by atoms with Crippen LogP contribution in [0.5, 0.6) is 0 Å². The second kappa shape index (κ2) is 3.04. The third-order valence-corrected chi connectivity index (χ3v) is 3.45. The van der Waals surface area contributed by atoms with E-state index in [1.165, 1.54) is 38.8 Å². The molecule has 2 fully saturated rings. The Morgan fingerprint density at radius 1 is 1.42 bits per heavy atom. The Kier molecular flexibility index (Phi) is 2.18. The Hall–Kier alpha value is -0.0100. The predicted molar refractivity (Wildman–Crippen MR) is 52.3 cm³/mol. The van der Waals surface area contributed by atoms with Crippen LogP contribution in [0, 0.1) is 5.41 Å². The van der Waals surface area contributed by atoms with Crippen molar-refractivity contribution in [3.05, 3.63) is 11.6 Å². The van der Waals surface area contributed by atoms with Crippen LogP contribution in [0.25, 0.3) is 0 Å². The van der Waals surface area contributed by atoms with Gasteiger partial charge in [-0.15, -0.1) is 0 Å². The van der Waals surface area contributed by atoms with Crippen LogP contribution >= 0.6 is 11.6 Å². The van der Waals surface area contributed by atoms with Gasteiger partial charge in [0.15, 0.2) is 0 Å². The standard InChI is InChI=1S/C10H16ClN/c1-9(11)7-12-6-5-10(8-12)3-2-4-10/h1-8H2. The van der Waals surface area contributed by atoms with Gasteiger partial charge in [-0.1, -0.05) is 24.6 Å². The summed E-state index contributed by atoms with van der Waals surface area (Å²) in [7, 11) is 0. The van der Waals surface area contributed by atoms with Crippen molar-refractivity contribution in [3.8, 4) is 0 Å². The maximum Gasteiger partial charge on any atom is 0.0335 e. The lowest BCUT2D eigenvalue weighted by Gasteiger charge is -2.38. The van der Waals surface area contributed by atoms with Gasteiger partial charge in [0.05, 0.1) is 0 Å². The second-order valence-electron chi connectivity index (χ2n) is 4.33. The molecule has 0 unspecified atom stereocenters. The molecule has 68 valence electrons. The third kappa shape index (κ3) is 1.53. The van der Waals surface area contributed by atoms with Crippen LogP contribution in [-0.2, 0) is 0 Å². The molecule has 0 aromatic carbocycles. The first-order valence-electron chi connectivity index (χ1n) is 4.76. The number of nitrogens with zero attached hydrogens (tertiary/aromatic N) is 1. The molecule has 0 radical (unpaired) electrons. The molecule has 1 spiro atoms. The SMILES string of the molecule is C=C(Cl)CN1CCC2(CCC2)C1. The molecule has 0 aromatic heterocycles. The number of hydrogen-bond donors (Lipinski definition) is 0. The maximum absolute atomic E-state index is 5.78. The summed E-state index contributed by atoms with van der Waals surface area (Å²) < 4.78 is 0. The van der Waals surface area contributed by atoms with Crippen LogP contribution in [-0.4, -0.2) is 24.5 Å². The molecule has 1 aliphatic heterocycles. The smallest absolute Gasteiger partial charge is 0.0335 e. The van der Waals surface area contributed by atoms with E-state index in [0.29, 0.717) is 5.41 Å². The summed E-state index contributed by atoms with van der Waals surface area (Å²) in [4.78, 5) is 2.44. The van der Waals surface area contributed by atoms with Crippen molar-refractivity contribution < 1.29 is 0 Å². The Bertz CT molecular complexity index is 196. The molecule has 1 heterocycles. The van der Waals surface area contributed by atoms with Crippen LogP contribution in [0.3, 0.4) is 0 Å². The summed E-state index contributed by atoms with van der Waals surface area (Å²) in [5, 5.41) is 0.784. The maximum atomic E-state index is 5.78. The van der Waals surface area contributed by atoms with E-state index in [9.17, 15) is 0 Å². The topological polar surface area (TPSA) is 3.24 Å². The van der Waals surface area contributed by atoms with Gasteiger partial charge in [-0.2, -0.15) is 0 Å². The quantitative estimate of drug-likeness (QED) is 0.640. The van der Waals surface area contributed by atoms with Crippen molar-refractivity contribution in [1.29, 1.82) is 0 Å². The van der Waals surface area contributed by atoms with Gasteiger partial charge >= 0.3 is 0 Å². The monoisotopic (exact) mass is 185 g/mol. The van der Waals surface area contributed by atoms with E-state index < -0.39 is 0 Å². The number of hydrogen-bond acceptors (Lipinski definition) is 1. The molecule has 1 nitrogen and oxygen atoms in total. The minimum atomic E-state index is 0.701. The lowest BCUT2D eigenvalue weighted by atomic mass is 9.68. The van der Waals surface area contributed by atoms with Gasteiger partial charge in [0.25, 0.3) is 0 Å². The first kappa shape index (κ1) is 8.58. The highest BCUT2D eigenvalue weighted by atomic mass is 35.5. The fourth-order valence-electron chi connectivity index (χ4n) is 2.49. The fraction of sp³-hybridized carbons (Fsp3) is 0.800. The molecule has 1 saturated carbocycles. The van der Waals surface area contributed by atoms with Crippen LogP contribution in [0.2, 0.25) is 0 Å². The zero-order chi connectivity index (χ0) is 8.60. The summed E-state index contributed by atoms with van der Waals surface area (Å²) in [6, 6.07) is 0. The predicted octanol–water partition coefficient (Wildman–Crippen LogP) is 2.61. The molecule has 0 bridgehead atoms. The van der Waals surface area contributed by atoms with E-state index in [1.54, 1.807) is 0 Å². The van der Waals surface area contributed by atoms with Crippen molar-refractivity contribution in [3.63, 3.8) is 0 Å². The van der Waals surface area contributed by atoms with E-state index in [-0.39, 0.29) is 0 Å². The molecule has 2 rings (SSSR count). The Morgan fingerprint density at radius 3 is 2.58 bits per heavy atom. The molecule has 0 amide bonds. The number of likely N-dealkylation sites (tertiary alicyclic amines) is 1. The minimum absolute atomic E-state index is 0.701. The average Bonchev–Trinajstić information content (AvgIpc) is 2.29. The fourth-order valence-corrected chi connectivity index (χ4v) is 2.66. The van der Waals surface area contributed by atoms with Gasteiger partial charge in [-0.05, 0) is 31.2 Å².